The number of rotatable bonds is 20. The van der Waals surface area contributed by atoms with E-state index in [1.807, 2.05) is 41.5 Å². The van der Waals surface area contributed by atoms with Crippen LogP contribution in [0.15, 0.2) is 12.2 Å². The Kier molecular flexibility index (Phi) is 35.6. The van der Waals surface area contributed by atoms with Crippen LogP contribution in [0.5, 0.6) is 0 Å². The lowest BCUT2D eigenvalue weighted by atomic mass is 9.91. The minimum absolute atomic E-state index is 0.0499. The van der Waals surface area contributed by atoms with E-state index in [2.05, 4.69) is 21.3 Å². The van der Waals surface area contributed by atoms with Crippen molar-refractivity contribution in [3.8, 4) is 0 Å². The first-order valence-corrected chi connectivity index (χ1v) is 33.6. The SMILES string of the molecule is C/C=C/C[C@@H](C)[C@@H](O)[C@H]1C(=O)N[C@@H](CC)C(=O)N(C)[C@H](CSCCCCO)C(=O)N(C)[C@@H](C(C)O)C(=O)N[C@@H](C(C)C)C(=O)N(C)[C@@H](CC(C)C)C(=O)N[C@@H](C)C(=O)N[C@H](C)C(=O)N(C)[C@@H](CC(C)C)C(=O)N(C)[C@@H](CC(C)C)C(=O)N(C)[C@@H](C(C)C)C(=O)N1C. The summed E-state index contributed by atoms with van der Waals surface area (Å²) in [5, 5.41) is 43.9. The zero-order chi connectivity index (χ0) is 70.4. The quantitative estimate of drug-likeness (QED) is 0.0681. The van der Waals surface area contributed by atoms with Gasteiger partial charge < -0.3 is 70.9 Å². The van der Waals surface area contributed by atoms with E-state index in [0.717, 1.165) is 14.7 Å². The first-order chi connectivity index (χ1) is 42.2. The molecule has 0 spiro atoms. The van der Waals surface area contributed by atoms with Crippen LogP contribution in [0.4, 0.5) is 0 Å². The second-order valence-electron chi connectivity index (χ2n) is 26.9. The summed E-state index contributed by atoms with van der Waals surface area (Å²) in [6, 6.07) is -14.8. The van der Waals surface area contributed by atoms with Crippen LogP contribution in [-0.2, 0) is 52.7 Å². The topological polar surface area (TPSA) is 319 Å². The maximum Gasteiger partial charge on any atom is 0.246 e. The molecule has 25 nitrogen and oxygen atoms in total. The molecule has 0 aliphatic carbocycles. The molecule has 0 radical (unpaired) electrons. The van der Waals surface area contributed by atoms with Crippen molar-refractivity contribution in [1.82, 2.24) is 55.6 Å². The number of nitrogens with one attached hydrogen (secondary N) is 4. The molecule has 1 aliphatic heterocycles. The zero-order valence-electron chi connectivity index (χ0n) is 59.1. The summed E-state index contributed by atoms with van der Waals surface area (Å²) in [6.45, 7) is 27.0. The van der Waals surface area contributed by atoms with Crippen molar-refractivity contribution < 1.29 is 68.1 Å². The first-order valence-electron chi connectivity index (χ1n) is 32.4. The molecule has 26 heteroatoms. The summed E-state index contributed by atoms with van der Waals surface area (Å²) in [4.78, 5) is 171. The van der Waals surface area contributed by atoms with Gasteiger partial charge in [0.15, 0.2) is 0 Å². The van der Waals surface area contributed by atoms with E-state index in [1.165, 1.54) is 101 Å². The van der Waals surface area contributed by atoms with Gasteiger partial charge in [0.05, 0.1) is 12.2 Å². The number of nitrogens with zero attached hydrogens (tertiary/aromatic N) is 7. The number of carbonyl (C=O) groups is 11. The molecule has 1 saturated heterocycles. The second-order valence-corrected chi connectivity index (χ2v) is 28.0. The Morgan fingerprint density at radius 2 is 0.912 bits per heavy atom. The van der Waals surface area contributed by atoms with E-state index in [4.69, 9.17) is 0 Å². The Hall–Kier alpha value is -5.86. The van der Waals surface area contributed by atoms with E-state index in [-0.39, 0.29) is 62.2 Å². The minimum Gasteiger partial charge on any atom is -0.396 e. The maximum atomic E-state index is 15.3. The summed E-state index contributed by atoms with van der Waals surface area (Å²) < 4.78 is 0. The fraction of sp³-hybridized carbons (Fsp3) is 0.800. The van der Waals surface area contributed by atoms with Crippen molar-refractivity contribution in [2.45, 2.75) is 234 Å². The molecule has 1 aliphatic rings. The Balaban J connectivity index is 4.50. The van der Waals surface area contributed by atoms with Crippen LogP contribution in [0.25, 0.3) is 0 Å². The number of hydrogen-bond donors (Lipinski definition) is 7. The number of amides is 11. The van der Waals surface area contributed by atoms with Crippen LogP contribution in [0.2, 0.25) is 0 Å². The van der Waals surface area contributed by atoms with Gasteiger partial charge in [-0.1, -0.05) is 95.2 Å². The predicted octanol–water partition coefficient (Wildman–Crippen LogP) is 2.48. The van der Waals surface area contributed by atoms with E-state index in [9.17, 15) is 44.1 Å². The van der Waals surface area contributed by atoms with Crippen LogP contribution < -0.4 is 21.3 Å². The summed E-state index contributed by atoms with van der Waals surface area (Å²) in [5.41, 5.74) is 0. The van der Waals surface area contributed by atoms with E-state index < -0.39 is 161 Å². The highest BCUT2D eigenvalue weighted by Crippen LogP contribution is 2.26. The smallest absolute Gasteiger partial charge is 0.246 e. The molecule has 0 bridgehead atoms. The van der Waals surface area contributed by atoms with Gasteiger partial charge in [0.1, 0.15) is 66.5 Å². The molecule has 0 aromatic rings. The van der Waals surface area contributed by atoms with Crippen molar-refractivity contribution in [2.24, 2.45) is 35.5 Å². The Labute approximate surface area is 547 Å². The zero-order valence-corrected chi connectivity index (χ0v) is 59.9. The number of thioether (sulfide) groups is 1. The summed E-state index contributed by atoms with van der Waals surface area (Å²) >= 11 is 1.29. The van der Waals surface area contributed by atoms with Gasteiger partial charge in [-0.25, -0.2) is 0 Å². The Bertz CT molecular complexity index is 2460. The lowest BCUT2D eigenvalue weighted by Gasteiger charge is -2.41. The number of carbonyl (C=O) groups excluding carboxylic acids is 11. The second kappa shape index (κ2) is 39.0. The third-order valence-corrected chi connectivity index (χ3v) is 18.2. The average Bonchev–Trinajstić information content (AvgIpc) is 0.876. The number of likely N-dealkylation sites (N-methyl/N-ethyl adjacent to an activating group) is 7. The highest BCUT2D eigenvalue weighted by Gasteiger charge is 2.47. The van der Waals surface area contributed by atoms with Gasteiger partial charge in [-0.15, -0.1) is 0 Å². The van der Waals surface area contributed by atoms with Gasteiger partial charge >= 0.3 is 0 Å². The normalized spacial score (nSPS) is 27.0. The van der Waals surface area contributed by atoms with Crippen LogP contribution in [0.1, 0.15) is 156 Å². The predicted molar refractivity (Wildman–Crippen MR) is 353 cm³/mol. The van der Waals surface area contributed by atoms with E-state index >= 15 is 24.0 Å². The molecule has 1 fully saturated rings. The number of hydrogen-bond acceptors (Lipinski definition) is 15. The largest absolute Gasteiger partial charge is 0.396 e. The molecule has 0 aromatic heterocycles. The Morgan fingerprint density at radius 1 is 0.473 bits per heavy atom. The molecular formula is C65H117N11O14S. The molecule has 7 N–H and O–H groups in total. The molecule has 1 heterocycles. The number of allylic oxidation sites excluding steroid dienone is 2. The minimum atomic E-state index is -1.67. The number of aliphatic hydroxyl groups is 3. The Morgan fingerprint density at radius 3 is 1.38 bits per heavy atom. The third-order valence-electron chi connectivity index (χ3n) is 17.0. The molecule has 1 unspecified atom stereocenters. The van der Waals surface area contributed by atoms with Gasteiger partial charge in [-0.05, 0) is 114 Å². The highest BCUT2D eigenvalue weighted by atomic mass is 32.2. The lowest BCUT2D eigenvalue weighted by Crippen LogP contribution is -2.64. The van der Waals surface area contributed by atoms with E-state index in [0.29, 0.717) is 18.6 Å². The number of unbranched alkanes of at least 4 members (excludes halogenated alkanes) is 1. The molecule has 11 amide bonds. The molecule has 522 valence electrons. The van der Waals surface area contributed by atoms with Gasteiger partial charge in [0.25, 0.3) is 0 Å². The van der Waals surface area contributed by atoms with Crippen molar-refractivity contribution in [1.29, 1.82) is 0 Å². The van der Waals surface area contributed by atoms with Crippen LogP contribution in [-0.4, -0.2) is 261 Å². The monoisotopic (exact) mass is 1310 g/mol. The summed E-state index contributed by atoms with van der Waals surface area (Å²) in [6.07, 6.45) is 2.04. The van der Waals surface area contributed by atoms with Gasteiger partial charge in [0.2, 0.25) is 65.0 Å². The van der Waals surface area contributed by atoms with E-state index in [1.54, 1.807) is 60.6 Å². The number of aliphatic hydroxyl groups excluding tert-OH is 3. The average molecular weight is 1310 g/mol. The van der Waals surface area contributed by atoms with Crippen molar-refractivity contribution in [3.05, 3.63) is 12.2 Å². The molecule has 0 aromatic carbocycles. The fourth-order valence-electron chi connectivity index (χ4n) is 11.3. The maximum absolute atomic E-state index is 15.3. The fourth-order valence-corrected chi connectivity index (χ4v) is 12.5. The van der Waals surface area contributed by atoms with Crippen LogP contribution >= 0.6 is 11.8 Å². The molecule has 14 atom stereocenters. The standard InChI is InChI=1S/C65H117N11O14S/c1-24-26-29-41(13)54(79)53-58(83)68-45(25-2)60(85)73(20)49(35-91-31-28-27-30-77)63(88)75(22)52(44(16)78)57(82)69-50(39(9)10)64(89)70(17)46(32-36(3)4)56(81)66-42(14)55(80)67-43(15)59(84)71(18)47(33-37(5)6)61(86)72(19)48(34-38(7)8)62(87)74(21)51(40(11)12)65(90)76(53)23/h24,26,36-54,77-79H,25,27-35H2,1-23H3,(H,66,81)(H,67,80)(H,68,83)(H,69,82)/b26-24+/t41-,42+,43-,44?,45+,46+,47+,48+,49-,50+,51+,52+,53+,54-/m1/s1. The van der Waals surface area contributed by atoms with Crippen LogP contribution in [0.3, 0.4) is 0 Å². The highest BCUT2D eigenvalue weighted by molar-refractivity contribution is 7.99. The lowest BCUT2D eigenvalue weighted by molar-refractivity contribution is -0.157. The third kappa shape index (κ3) is 23.6. The van der Waals surface area contributed by atoms with Crippen molar-refractivity contribution >= 4 is 76.7 Å². The van der Waals surface area contributed by atoms with Gasteiger partial charge in [-0.2, -0.15) is 11.8 Å². The van der Waals surface area contributed by atoms with Crippen molar-refractivity contribution in [3.63, 3.8) is 0 Å². The molecular weight excluding hydrogens is 1190 g/mol. The summed E-state index contributed by atoms with van der Waals surface area (Å²) in [7, 11) is 9.65. The molecule has 91 heavy (non-hydrogen) atoms. The molecule has 1 rings (SSSR count). The van der Waals surface area contributed by atoms with Gasteiger partial charge in [-0.3, -0.25) is 52.7 Å². The summed E-state index contributed by atoms with van der Waals surface area (Å²) in [5.74, 6) is -10.3. The van der Waals surface area contributed by atoms with Gasteiger partial charge in [0, 0.05) is 61.7 Å². The van der Waals surface area contributed by atoms with Crippen molar-refractivity contribution in [2.75, 3.05) is 67.4 Å². The molecule has 0 saturated carbocycles. The first kappa shape index (κ1) is 83.2. The van der Waals surface area contributed by atoms with Crippen LogP contribution in [0, 0.1) is 35.5 Å².